The topological polar surface area (TPSA) is 100 Å². The third-order valence-corrected chi connectivity index (χ3v) is 12.9. The Bertz CT molecular complexity index is 3080. The molecule has 2 saturated heterocycles. The number of urea groups is 2. The highest BCUT2D eigenvalue weighted by Gasteiger charge is 2.32. The Balaban J connectivity index is 0.000000198. The quantitative estimate of drug-likeness (QED) is 0.150. The molecule has 10 rings (SSSR count). The first-order chi connectivity index (χ1) is 35.1. The first-order valence-corrected chi connectivity index (χ1v) is 24.9. The molecule has 2 aliphatic rings. The van der Waals surface area contributed by atoms with Gasteiger partial charge in [-0.1, -0.05) is 82.3 Å². The monoisotopic (exact) mass is 977 g/mol. The van der Waals surface area contributed by atoms with E-state index < -0.39 is 5.82 Å². The third-order valence-electron chi connectivity index (χ3n) is 12.9. The minimum absolute atomic E-state index is 0.0704. The van der Waals surface area contributed by atoms with E-state index in [0.29, 0.717) is 31.9 Å². The number of rotatable bonds is 8. The van der Waals surface area contributed by atoms with Crippen LogP contribution in [-0.4, -0.2) is 95.1 Å². The molecule has 0 bridgehead atoms. The number of amides is 4. The molecule has 14 heteroatoms. The molecule has 72 heavy (non-hydrogen) atoms. The van der Waals surface area contributed by atoms with Crippen LogP contribution in [0.2, 0.25) is 0 Å². The lowest BCUT2D eigenvalue weighted by atomic mass is 9.97. The van der Waals surface area contributed by atoms with Crippen molar-refractivity contribution in [3.8, 4) is 34.0 Å². The normalized spacial score (nSPS) is 15.2. The Morgan fingerprint density at radius 1 is 0.569 bits per heavy atom. The van der Waals surface area contributed by atoms with Gasteiger partial charge in [0, 0.05) is 81.3 Å². The number of methoxy groups -OCH3 is 2. The van der Waals surface area contributed by atoms with Gasteiger partial charge in [-0.25, -0.2) is 28.3 Å². The summed E-state index contributed by atoms with van der Waals surface area (Å²) >= 11 is 0. The molecule has 4 aromatic heterocycles. The standard InChI is InChI=1S/2C27H27FN4O2.2C2H6/c1-30(22-11-6-10-21(28)17-22)27(33)31-14-7-9-20(18-31)26-29-25(24-13-3-4-15-32(24)26)19-8-5-12-23(16-19)34-2;1-30(23-13-4-3-12-22(23)28)27(33)31-15-8-10-20(18-31)26-29-25(24-14-5-6-16-32(24)26)19-9-7-11-21(17-19)34-2;2*1-2/h3-6,8,10-13,15-17,20H,7,9,14,18H2,1-2H3;3-7,9,11-14,16-17,20H,8,10,15,18H2,1-2H3;2*1-2H3. The van der Waals surface area contributed by atoms with Gasteiger partial charge < -0.3 is 28.1 Å². The maximum absolute atomic E-state index is 14.3. The van der Waals surface area contributed by atoms with Crippen molar-refractivity contribution >= 4 is 34.5 Å². The van der Waals surface area contributed by atoms with E-state index >= 15 is 0 Å². The molecule has 376 valence electrons. The molecule has 0 spiro atoms. The number of hydrogen-bond donors (Lipinski definition) is 0. The summed E-state index contributed by atoms with van der Waals surface area (Å²) in [5, 5.41) is 0. The van der Waals surface area contributed by atoms with E-state index in [-0.39, 0.29) is 35.4 Å². The van der Waals surface area contributed by atoms with Crippen LogP contribution in [-0.2, 0) is 0 Å². The molecule has 0 radical (unpaired) electrons. The van der Waals surface area contributed by atoms with Crippen LogP contribution in [0.5, 0.6) is 11.5 Å². The number of piperidine rings is 2. The summed E-state index contributed by atoms with van der Waals surface area (Å²) in [7, 11) is 6.62. The minimum Gasteiger partial charge on any atom is -0.497 e. The van der Waals surface area contributed by atoms with Gasteiger partial charge in [-0.2, -0.15) is 0 Å². The second kappa shape index (κ2) is 24.4. The lowest BCUT2D eigenvalue weighted by Crippen LogP contribution is -2.46. The van der Waals surface area contributed by atoms with Crippen LogP contribution in [0.25, 0.3) is 33.5 Å². The fourth-order valence-corrected chi connectivity index (χ4v) is 9.43. The zero-order valence-corrected chi connectivity index (χ0v) is 42.6. The van der Waals surface area contributed by atoms with Gasteiger partial charge in [0.05, 0.1) is 42.3 Å². The van der Waals surface area contributed by atoms with E-state index in [1.54, 1.807) is 63.5 Å². The van der Waals surface area contributed by atoms with E-state index in [2.05, 4.69) is 20.9 Å². The predicted octanol–water partition coefficient (Wildman–Crippen LogP) is 13.2. The van der Waals surface area contributed by atoms with E-state index in [1.165, 1.54) is 28.0 Å². The van der Waals surface area contributed by atoms with Crippen molar-refractivity contribution in [1.29, 1.82) is 0 Å². The van der Waals surface area contributed by atoms with Gasteiger partial charge in [-0.05, 0) is 105 Å². The second-order valence-electron chi connectivity index (χ2n) is 17.2. The van der Waals surface area contributed by atoms with Gasteiger partial charge in [0.25, 0.3) is 0 Å². The number of benzene rings is 4. The van der Waals surface area contributed by atoms with Gasteiger partial charge >= 0.3 is 12.1 Å². The van der Waals surface area contributed by atoms with Crippen molar-refractivity contribution in [3.63, 3.8) is 0 Å². The van der Waals surface area contributed by atoms with Crippen molar-refractivity contribution in [3.05, 3.63) is 169 Å². The Labute approximate surface area is 422 Å². The third kappa shape index (κ3) is 11.4. The van der Waals surface area contributed by atoms with Crippen LogP contribution in [0.15, 0.2) is 146 Å². The number of carbonyl (C=O) groups excluding carboxylic acids is 2. The zero-order chi connectivity index (χ0) is 51.3. The SMILES string of the molecule is CC.CC.COc1cccc(-c2nc(C3CCCN(C(=O)N(C)c4cccc(F)c4)C3)n3ccccc23)c1.COc1cccc(-c2nc(C3CCCN(C(=O)N(C)c4ccccc4F)C3)n3ccccc23)c1. The van der Waals surface area contributed by atoms with Crippen molar-refractivity contribution in [2.45, 2.75) is 65.2 Å². The first kappa shape index (κ1) is 52.1. The van der Waals surface area contributed by atoms with Gasteiger partial charge in [0.1, 0.15) is 34.8 Å². The van der Waals surface area contributed by atoms with Crippen molar-refractivity contribution in [1.82, 2.24) is 28.6 Å². The predicted molar refractivity (Wildman–Crippen MR) is 285 cm³/mol. The average Bonchev–Trinajstić information content (AvgIpc) is 4.04. The van der Waals surface area contributed by atoms with E-state index in [1.807, 2.05) is 118 Å². The summed E-state index contributed by atoms with van der Waals surface area (Å²) in [5.74, 6) is 2.83. The van der Waals surface area contributed by atoms with Crippen molar-refractivity contribution in [2.24, 2.45) is 0 Å². The summed E-state index contributed by atoms with van der Waals surface area (Å²) in [6.45, 7) is 10.4. The fraction of sp³-hybridized carbons (Fsp3) is 0.310. The highest BCUT2D eigenvalue weighted by molar-refractivity contribution is 5.92. The molecular formula is C58H66F2N8O4. The molecule has 0 aliphatic carbocycles. The summed E-state index contributed by atoms with van der Waals surface area (Å²) < 4.78 is 43.0. The molecule has 2 atom stereocenters. The Kier molecular flexibility index (Phi) is 17.6. The average molecular weight is 977 g/mol. The lowest BCUT2D eigenvalue weighted by Gasteiger charge is -2.35. The number of aromatic nitrogens is 4. The molecule has 6 heterocycles. The molecule has 12 nitrogen and oxygen atoms in total. The number of fused-ring (bicyclic) bond motifs is 2. The number of nitrogens with zero attached hydrogens (tertiary/aromatic N) is 8. The summed E-state index contributed by atoms with van der Waals surface area (Å²) in [6.07, 6.45) is 7.66. The van der Waals surface area contributed by atoms with Gasteiger partial charge in [0.2, 0.25) is 0 Å². The largest absolute Gasteiger partial charge is 0.497 e. The number of likely N-dealkylation sites (tertiary alicyclic amines) is 2. The number of imidazole rings is 2. The summed E-state index contributed by atoms with van der Waals surface area (Å²) in [6, 6.07) is 40.0. The van der Waals surface area contributed by atoms with E-state index in [9.17, 15) is 18.4 Å². The van der Waals surface area contributed by atoms with Gasteiger partial charge in [-0.15, -0.1) is 0 Å². The van der Waals surface area contributed by atoms with Crippen LogP contribution in [0.1, 0.15) is 76.9 Å². The molecule has 4 amide bonds. The molecule has 4 aromatic carbocycles. The zero-order valence-electron chi connectivity index (χ0n) is 42.6. The molecule has 0 saturated carbocycles. The maximum atomic E-state index is 14.3. The summed E-state index contributed by atoms with van der Waals surface area (Å²) in [5.41, 5.74) is 6.61. The smallest absolute Gasteiger partial charge is 0.324 e. The maximum Gasteiger partial charge on any atom is 0.324 e. The number of ether oxygens (including phenoxy) is 2. The Morgan fingerprint density at radius 2 is 1.04 bits per heavy atom. The molecule has 0 N–H and O–H groups in total. The minimum atomic E-state index is -0.408. The molecule has 2 fully saturated rings. The highest BCUT2D eigenvalue weighted by atomic mass is 19.1. The van der Waals surface area contributed by atoms with E-state index in [0.717, 1.165) is 82.4 Å². The van der Waals surface area contributed by atoms with Gasteiger partial charge in [0.15, 0.2) is 0 Å². The first-order valence-electron chi connectivity index (χ1n) is 24.9. The van der Waals surface area contributed by atoms with Crippen LogP contribution in [0.4, 0.5) is 29.7 Å². The van der Waals surface area contributed by atoms with Crippen LogP contribution in [0, 0.1) is 11.6 Å². The number of hydrogen-bond acceptors (Lipinski definition) is 6. The second-order valence-corrected chi connectivity index (χ2v) is 17.2. The van der Waals surface area contributed by atoms with Crippen LogP contribution < -0.4 is 19.3 Å². The van der Waals surface area contributed by atoms with Gasteiger partial charge in [-0.3, -0.25) is 9.80 Å². The number of halogens is 2. The van der Waals surface area contributed by atoms with Crippen molar-refractivity contribution < 1.29 is 27.8 Å². The van der Waals surface area contributed by atoms with Crippen molar-refractivity contribution in [2.75, 3.05) is 64.3 Å². The number of anilines is 2. The molecule has 8 aromatic rings. The van der Waals surface area contributed by atoms with Crippen LogP contribution >= 0.6 is 0 Å². The summed E-state index contributed by atoms with van der Waals surface area (Å²) in [4.78, 5) is 43.2. The lowest BCUT2D eigenvalue weighted by molar-refractivity contribution is 0.185. The number of para-hydroxylation sites is 1. The fourth-order valence-electron chi connectivity index (χ4n) is 9.43. The molecule has 2 unspecified atom stereocenters. The Hall–Kier alpha value is -7.74. The van der Waals surface area contributed by atoms with Crippen LogP contribution in [0.3, 0.4) is 0 Å². The molecule has 2 aliphatic heterocycles. The number of carbonyl (C=O) groups is 2. The molecular weight excluding hydrogens is 911 g/mol. The number of pyridine rings is 2. The Morgan fingerprint density at radius 3 is 1.53 bits per heavy atom. The highest BCUT2D eigenvalue weighted by Crippen LogP contribution is 2.36. The van der Waals surface area contributed by atoms with E-state index in [4.69, 9.17) is 19.4 Å².